The molecule has 20 heavy (non-hydrogen) atoms. The molecule has 0 aliphatic heterocycles. The minimum Gasteiger partial charge on any atom is -0.496 e. The molecule has 0 unspecified atom stereocenters. The molecule has 0 fully saturated rings. The van der Waals surface area contributed by atoms with Crippen molar-refractivity contribution in [1.82, 2.24) is 5.32 Å². The van der Waals surface area contributed by atoms with Gasteiger partial charge in [0.25, 0.3) is 5.91 Å². The summed E-state index contributed by atoms with van der Waals surface area (Å²) in [6.07, 6.45) is 0. The Morgan fingerprint density at radius 3 is 2.70 bits per heavy atom. The maximum absolute atomic E-state index is 12.2. The van der Waals surface area contributed by atoms with Gasteiger partial charge in [0.05, 0.1) is 19.2 Å². The van der Waals surface area contributed by atoms with E-state index < -0.39 is 0 Å². The summed E-state index contributed by atoms with van der Waals surface area (Å²) in [5.74, 6) is 0.341. The summed E-state index contributed by atoms with van der Waals surface area (Å²) in [6.45, 7) is 4.65. The minimum absolute atomic E-state index is 0.183. The molecule has 0 saturated heterocycles. The van der Waals surface area contributed by atoms with E-state index in [1.54, 1.807) is 29.5 Å². The molecule has 0 aliphatic rings. The number of nitrogens with one attached hydrogen (secondary N) is 1. The molecule has 2 aromatic rings. The molecule has 0 aliphatic carbocycles. The highest BCUT2D eigenvalue weighted by molar-refractivity contribution is 7.12. The van der Waals surface area contributed by atoms with Crippen LogP contribution in [0.25, 0.3) is 0 Å². The van der Waals surface area contributed by atoms with Gasteiger partial charge < -0.3 is 15.8 Å². The fourth-order valence-electron chi connectivity index (χ4n) is 1.90. The van der Waals surface area contributed by atoms with Crippen LogP contribution in [-0.4, -0.2) is 13.0 Å². The molecule has 0 saturated carbocycles. The van der Waals surface area contributed by atoms with Crippen molar-refractivity contribution in [3.05, 3.63) is 45.1 Å². The van der Waals surface area contributed by atoms with Crippen LogP contribution in [0.3, 0.4) is 0 Å². The van der Waals surface area contributed by atoms with Crippen LogP contribution < -0.4 is 15.8 Å². The lowest BCUT2D eigenvalue weighted by molar-refractivity contribution is 0.0948. The highest BCUT2D eigenvalue weighted by atomic mass is 32.1. The van der Waals surface area contributed by atoms with E-state index in [1.807, 2.05) is 0 Å². The third kappa shape index (κ3) is 3.11. The number of nitrogens with two attached hydrogens (primary N) is 1. The number of carbonyl (C=O) groups excluding carboxylic acids is 1. The van der Waals surface area contributed by atoms with Crippen LogP contribution in [0, 0.1) is 13.8 Å². The van der Waals surface area contributed by atoms with Gasteiger partial charge in [-0.3, -0.25) is 4.79 Å². The number of hydrogen-bond acceptors (Lipinski definition) is 4. The topological polar surface area (TPSA) is 64.3 Å². The second-order valence-electron chi connectivity index (χ2n) is 4.59. The molecule has 0 spiro atoms. The number of amides is 1. The number of methoxy groups -OCH3 is 1. The summed E-state index contributed by atoms with van der Waals surface area (Å²) in [5, 5.41) is 2.89. The monoisotopic (exact) mass is 290 g/mol. The predicted octanol–water partition coefficient (Wildman–Crippen LogP) is 2.89. The van der Waals surface area contributed by atoms with Crippen LogP contribution in [0.2, 0.25) is 0 Å². The van der Waals surface area contributed by atoms with Gasteiger partial charge in [-0.25, -0.2) is 0 Å². The number of benzene rings is 1. The van der Waals surface area contributed by atoms with E-state index in [0.29, 0.717) is 23.5 Å². The van der Waals surface area contributed by atoms with E-state index in [1.165, 1.54) is 17.6 Å². The van der Waals surface area contributed by atoms with Gasteiger partial charge in [-0.2, -0.15) is 0 Å². The van der Waals surface area contributed by atoms with Gasteiger partial charge in [-0.15, -0.1) is 11.3 Å². The van der Waals surface area contributed by atoms with Gasteiger partial charge in [-0.05, 0) is 43.7 Å². The Morgan fingerprint density at radius 1 is 1.35 bits per heavy atom. The second-order valence-corrected chi connectivity index (χ2v) is 5.94. The number of ether oxygens (including phenoxy) is 1. The minimum atomic E-state index is -0.183. The maximum Gasteiger partial charge on any atom is 0.255 e. The van der Waals surface area contributed by atoms with Crippen molar-refractivity contribution < 1.29 is 9.53 Å². The van der Waals surface area contributed by atoms with Gasteiger partial charge in [-0.1, -0.05) is 0 Å². The van der Waals surface area contributed by atoms with E-state index in [-0.39, 0.29) is 5.91 Å². The maximum atomic E-state index is 12.2. The Bertz CT molecular complexity index is 615. The average Bonchev–Trinajstić information content (AvgIpc) is 2.75. The molecule has 0 bridgehead atoms. The Labute approximate surface area is 122 Å². The zero-order chi connectivity index (χ0) is 14.7. The molecule has 106 valence electrons. The van der Waals surface area contributed by atoms with Crippen molar-refractivity contribution in [1.29, 1.82) is 0 Å². The summed E-state index contributed by atoms with van der Waals surface area (Å²) < 4.78 is 5.18. The van der Waals surface area contributed by atoms with E-state index in [2.05, 4.69) is 25.2 Å². The predicted molar refractivity (Wildman–Crippen MR) is 82.4 cm³/mol. The molecule has 0 radical (unpaired) electrons. The molecule has 4 nitrogen and oxygen atoms in total. The van der Waals surface area contributed by atoms with Crippen LogP contribution >= 0.6 is 11.3 Å². The van der Waals surface area contributed by atoms with Crippen molar-refractivity contribution in [2.45, 2.75) is 20.4 Å². The van der Waals surface area contributed by atoms with Crippen LogP contribution in [0.15, 0.2) is 24.3 Å². The standard InChI is InChI=1S/C15H18N2O2S/c1-9-6-12(20-10(9)2)8-17-15(18)13-7-11(16)4-5-14(13)19-3/h4-7H,8,16H2,1-3H3,(H,17,18). The number of hydrogen-bond donors (Lipinski definition) is 2. The highest BCUT2D eigenvalue weighted by Crippen LogP contribution is 2.22. The molecule has 3 N–H and O–H groups in total. The fourth-order valence-corrected chi connectivity index (χ4v) is 2.90. The van der Waals surface area contributed by atoms with Crippen LogP contribution in [0.5, 0.6) is 5.75 Å². The lowest BCUT2D eigenvalue weighted by atomic mass is 10.1. The SMILES string of the molecule is COc1ccc(N)cc1C(=O)NCc1cc(C)c(C)s1. The lowest BCUT2D eigenvalue weighted by Gasteiger charge is -2.09. The first-order valence-corrected chi connectivity index (χ1v) is 7.10. The number of anilines is 1. The summed E-state index contributed by atoms with van der Waals surface area (Å²) in [4.78, 5) is 14.6. The number of carbonyl (C=O) groups is 1. The normalized spacial score (nSPS) is 10.3. The third-order valence-corrected chi connectivity index (χ3v) is 4.26. The first kappa shape index (κ1) is 14.4. The molecule has 1 aromatic heterocycles. The number of thiophene rings is 1. The molecular formula is C15H18N2O2S. The molecule has 1 amide bonds. The molecular weight excluding hydrogens is 272 g/mol. The zero-order valence-corrected chi connectivity index (χ0v) is 12.6. The van der Waals surface area contributed by atoms with E-state index in [0.717, 1.165) is 4.88 Å². The van der Waals surface area contributed by atoms with Gasteiger partial charge in [0.1, 0.15) is 5.75 Å². The second kappa shape index (κ2) is 5.96. The average molecular weight is 290 g/mol. The fraction of sp³-hybridized carbons (Fsp3) is 0.267. The molecule has 1 aromatic carbocycles. The van der Waals surface area contributed by atoms with Gasteiger partial charge in [0.2, 0.25) is 0 Å². The van der Waals surface area contributed by atoms with Crippen LogP contribution in [0.1, 0.15) is 25.7 Å². The van der Waals surface area contributed by atoms with Gasteiger partial charge in [0.15, 0.2) is 0 Å². The van der Waals surface area contributed by atoms with E-state index in [9.17, 15) is 4.79 Å². The Hall–Kier alpha value is -2.01. The summed E-state index contributed by atoms with van der Waals surface area (Å²) >= 11 is 1.69. The molecule has 5 heteroatoms. The largest absolute Gasteiger partial charge is 0.496 e. The van der Waals surface area contributed by atoms with Crippen molar-refractivity contribution in [2.24, 2.45) is 0 Å². The Balaban J connectivity index is 2.10. The Kier molecular flexibility index (Phi) is 4.29. The first-order chi connectivity index (χ1) is 9.51. The summed E-state index contributed by atoms with van der Waals surface area (Å²) in [6, 6.07) is 7.13. The van der Waals surface area contributed by atoms with Crippen molar-refractivity contribution >= 4 is 22.9 Å². The van der Waals surface area contributed by atoms with Gasteiger partial charge in [0, 0.05) is 15.4 Å². The summed E-state index contributed by atoms with van der Waals surface area (Å²) in [5.41, 5.74) is 7.96. The molecule has 0 atom stereocenters. The summed E-state index contributed by atoms with van der Waals surface area (Å²) in [7, 11) is 1.54. The smallest absolute Gasteiger partial charge is 0.255 e. The quantitative estimate of drug-likeness (QED) is 0.851. The van der Waals surface area contributed by atoms with E-state index >= 15 is 0 Å². The zero-order valence-electron chi connectivity index (χ0n) is 11.8. The van der Waals surface area contributed by atoms with Crippen molar-refractivity contribution in [3.8, 4) is 5.75 Å². The first-order valence-electron chi connectivity index (χ1n) is 6.29. The highest BCUT2D eigenvalue weighted by Gasteiger charge is 2.13. The van der Waals surface area contributed by atoms with Crippen LogP contribution in [0.4, 0.5) is 5.69 Å². The van der Waals surface area contributed by atoms with Crippen molar-refractivity contribution in [3.63, 3.8) is 0 Å². The van der Waals surface area contributed by atoms with Crippen molar-refractivity contribution in [2.75, 3.05) is 12.8 Å². The Morgan fingerprint density at radius 2 is 2.10 bits per heavy atom. The lowest BCUT2D eigenvalue weighted by Crippen LogP contribution is -2.23. The molecule has 1 heterocycles. The number of nitrogen functional groups attached to an aromatic ring is 1. The third-order valence-electron chi connectivity index (χ3n) is 3.11. The van der Waals surface area contributed by atoms with Crippen LogP contribution in [-0.2, 0) is 6.54 Å². The van der Waals surface area contributed by atoms with Gasteiger partial charge >= 0.3 is 0 Å². The van der Waals surface area contributed by atoms with E-state index in [4.69, 9.17) is 10.5 Å². The number of rotatable bonds is 4. The number of aryl methyl sites for hydroxylation is 2. The molecule has 2 rings (SSSR count).